The van der Waals surface area contributed by atoms with E-state index in [4.69, 9.17) is 4.42 Å². The molecule has 0 aliphatic heterocycles. The van der Waals surface area contributed by atoms with Crippen LogP contribution in [-0.4, -0.2) is 16.1 Å². The minimum Gasteiger partial charge on any atom is -0.481 e. The van der Waals surface area contributed by atoms with Crippen LogP contribution < -0.4 is 0 Å². The molecule has 0 atom stereocenters. The first-order valence-corrected chi connectivity index (χ1v) is 6.30. The van der Waals surface area contributed by atoms with Crippen LogP contribution in [-0.2, 0) is 10.2 Å². The molecule has 3 rings (SSSR count). The first-order chi connectivity index (χ1) is 8.74. The number of rotatable bonds is 2. The maximum atomic E-state index is 11.8. The highest BCUT2D eigenvalue weighted by molar-refractivity contribution is 5.88. The van der Waals surface area contributed by atoms with Crippen LogP contribution in [0, 0.1) is 0 Å². The largest absolute Gasteiger partial charge is 0.481 e. The monoisotopic (exact) mass is 245 g/mol. The highest BCUT2D eigenvalue weighted by Crippen LogP contribution is 2.42. The lowest BCUT2D eigenvalue weighted by Crippen LogP contribution is -2.37. The van der Waals surface area contributed by atoms with Gasteiger partial charge >= 0.3 is 5.97 Å². The van der Waals surface area contributed by atoms with E-state index in [2.05, 4.69) is 4.98 Å². The third kappa shape index (κ3) is 1.52. The molecule has 1 fully saturated rings. The minimum atomic E-state index is -0.794. The Balaban J connectivity index is 2.20. The third-order valence-electron chi connectivity index (χ3n) is 3.99. The number of para-hydroxylation sites is 1. The molecule has 0 bridgehead atoms. The molecule has 1 aromatic heterocycles. The van der Waals surface area contributed by atoms with Crippen molar-refractivity contribution >= 4 is 17.1 Å². The molecule has 0 saturated heterocycles. The SMILES string of the molecule is O=C(O)C1(c2cccc3ncoc23)CCCCC1. The van der Waals surface area contributed by atoms with Gasteiger partial charge in [-0.2, -0.15) is 0 Å². The molecule has 1 saturated carbocycles. The van der Waals surface area contributed by atoms with Gasteiger partial charge in [-0.3, -0.25) is 4.79 Å². The molecule has 1 N–H and O–H groups in total. The number of hydrogen-bond donors (Lipinski definition) is 1. The summed E-state index contributed by atoms with van der Waals surface area (Å²) in [6.07, 6.45) is 5.77. The van der Waals surface area contributed by atoms with Gasteiger partial charge in [0.15, 0.2) is 12.0 Å². The minimum absolute atomic E-state index is 0.627. The predicted octanol–water partition coefficient (Wildman–Crippen LogP) is 3.11. The molecule has 1 aromatic carbocycles. The summed E-state index contributed by atoms with van der Waals surface area (Å²) in [4.78, 5) is 15.9. The van der Waals surface area contributed by atoms with Crippen molar-refractivity contribution in [3.05, 3.63) is 30.2 Å². The van der Waals surface area contributed by atoms with Crippen molar-refractivity contribution in [3.63, 3.8) is 0 Å². The summed E-state index contributed by atoms with van der Waals surface area (Å²) in [6.45, 7) is 0. The number of nitrogens with zero attached hydrogens (tertiary/aromatic N) is 1. The maximum absolute atomic E-state index is 11.8. The Morgan fingerprint density at radius 2 is 2.06 bits per heavy atom. The van der Waals surface area contributed by atoms with Gasteiger partial charge in [-0.1, -0.05) is 31.4 Å². The molecule has 0 spiro atoms. The van der Waals surface area contributed by atoms with Gasteiger partial charge in [0.2, 0.25) is 0 Å². The summed E-state index contributed by atoms with van der Waals surface area (Å²) in [6, 6.07) is 5.58. The lowest BCUT2D eigenvalue weighted by atomic mass is 9.69. The highest BCUT2D eigenvalue weighted by atomic mass is 16.4. The summed E-state index contributed by atoms with van der Waals surface area (Å²) in [7, 11) is 0. The number of benzene rings is 1. The topological polar surface area (TPSA) is 63.3 Å². The van der Waals surface area contributed by atoms with E-state index in [0.29, 0.717) is 18.4 Å². The molecule has 4 nitrogen and oxygen atoms in total. The normalized spacial score (nSPS) is 18.9. The number of carboxylic acid groups (broad SMARTS) is 1. The van der Waals surface area contributed by atoms with Crippen LogP contribution in [0.3, 0.4) is 0 Å². The van der Waals surface area contributed by atoms with E-state index in [1.165, 1.54) is 6.39 Å². The molecule has 94 valence electrons. The second kappa shape index (κ2) is 4.12. The maximum Gasteiger partial charge on any atom is 0.314 e. The second-order valence-electron chi connectivity index (χ2n) is 4.95. The van der Waals surface area contributed by atoms with Gasteiger partial charge in [-0.05, 0) is 18.9 Å². The molecule has 0 unspecified atom stereocenters. The van der Waals surface area contributed by atoms with E-state index < -0.39 is 11.4 Å². The van der Waals surface area contributed by atoms with Crippen molar-refractivity contribution in [3.8, 4) is 0 Å². The highest BCUT2D eigenvalue weighted by Gasteiger charge is 2.43. The summed E-state index contributed by atoms with van der Waals surface area (Å²) in [5.74, 6) is -0.744. The van der Waals surface area contributed by atoms with Crippen LogP contribution in [0.1, 0.15) is 37.7 Å². The fraction of sp³-hybridized carbons (Fsp3) is 0.429. The van der Waals surface area contributed by atoms with Crippen LogP contribution in [0.15, 0.2) is 29.0 Å². The van der Waals surface area contributed by atoms with Crippen molar-refractivity contribution < 1.29 is 14.3 Å². The molecule has 1 aliphatic rings. The Morgan fingerprint density at radius 1 is 1.28 bits per heavy atom. The fourth-order valence-electron chi connectivity index (χ4n) is 3.02. The van der Waals surface area contributed by atoms with Crippen LogP contribution >= 0.6 is 0 Å². The van der Waals surface area contributed by atoms with E-state index in [-0.39, 0.29) is 0 Å². The molecule has 18 heavy (non-hydrogen) atoms. The van der Waals surface area contributed by atoms with Gasteiger partial charge in [0.1, 0.15) is 5.52 Å². The van der Waals surface area contributed by atoms with Crippen LogP contribution in [0.4, 0.5) is 0 Å². The molecule has 2 aromatic rings. The molecule has 4 heteroatoms. The first kappa shape index (κ1) is 11.3. The van der Waals surface area contributed by atoms with E-state index in [0.717, 1.165) is 30.3 Å². The van der Waals surface area contributed by atoms with Crippen molar-refractivity contribution in [1.82, 2.24) is 4.98 Å². The number of carbonyl (C=O) groups is 1. The standard InChI is InChI=1S/C14H15NO3/c16-13(17)14(7-2-1-3-8-14)10-5-4-6-11-12(10)18-9-15-11/h4-6,9H,1-3,7-8H2,(H,16,17). The van der Waals surface area contributed by atoms with E-state index in [9.17, 15) is 9.90 Å². The van der Waals surface area contributed by atoms with Crippen molar-refractivity contribution in [1.29, 1.82) is 0 Å². The Bertz CT molecular complexity index is 581. The summed E-state index contributed by atoms with van der Waals surface area (Å²) in [5, 5.41) is 9.68. The number of aromatic nitrogens is 1. The zero-order chi connectivity index (χ0) is 12.6. The van der Waals surface area contributed by atoms with E-state index in [1.807, 2.05) is 18.2 Å². The molecular weight excluding hydrogens is 230 g/mol. The lowest BCUT2D eigenvalue weighted by Gasteiger charge is -2.33. The smallest absolute Gasteiger partial charge is 0.314 e. The van der Waals surface area contributed by atoms with Gasteiger partial charge in [-0.15, -0.1) is 0 Å². The first-order valence-electron chi connectivity index (χ1n) is 6.30. The molecule has 1 heterocycles. The zero-order valence-corrected chi connectivity index (χ0v) is 10.1. The van der Waals surface area contributed by atoms with Gasteiger partial charge < -0.3 is 9.52 Å². The average molecular weight is 245 g/mol. The Hall–Kier alpha value is -1.84. The zero-order valence-electron chi connectivity index (χ0n) is 10.1. The molecule has 0 radical (unpaired) electrons. The fourth-order valence-corrected chi connectivity index (χ4v) is 3.02. The average Bonchev–Trinajstić information content (AvgIpc) is 2.87. The summed E-state index contributed by atoms with van der Waals surface area (Å²) >= 11 is 0. The van der Waals surface area contributed by atoms with Crippen molar-refractivity contribution in [2.45, 2.75) is 37.5 Å². The van der Waals surface area contributed by atoms with Crippen LogP contribution in [0.5, 0.6) is 0 Å². The van der Waals surface area contributed by atoms with Crippen LogP contribution in [0.25, 0.3) is 11.1 Å². The molecule has 1 aliphatic carbocycles. The molecule has 0 amide bonds. The van der Waals surface area contributed by atoms with Gasteiger partial charge in [0.25, 0.3) is 0 Å². The van der Waals surface area contributed by atoms with Crippen molar-refractivity contribution in [2.75, 3.05) is 0 Å². The van der Waals surface area contributed by atoms with Crippen LogP contribution in [0.2, 0.25) is 0 Å². The molecular formula is C14H15NO3. The third-order valence-corrected chi connectivity index (χ3v) is 3.99. The Morgan fingerprint density at radius 3 is 2.78 bits per heavy atom. The van der Waals surface area contributed by atoms with E-state index in [1.54, 1.807) is 0 Å². The number of fused-ring (bicyclic) bond motifs is 1. The quantitative estimate of drug-likeness (QED) is 0.882. The predicted molar refractivity (Wildman–Crippen MR) is 66.4 cm³/mol. The number of oxazole rings is 1. The Labute approximate surface area is 105 Å². The number of carboxylic acids is 1. The second-order valence-corrected chi connectivity index (χ2v) is 4.95. The lowest BCUT2D eigenvalue weighted by molar-refractivity contribution is -0.145. The number of hydrogen-bond acceptors (Lipinski definition) is 3. The number of aliphatic carboxylic acids is 1. The summed E-state index contributed by atoms with van der Waals surface area (Å²) < 4.78 is 5.40. The summed E-state index contributed by atoms with van der Waals surface area (Å²) in [5.41, 5.74) is 1.35. The van der Waals surface area contributed by atoms with Crippen molar-refractivity contribution in [2.24, 2.45) is 0 Å². The Kier molecular flexibility index (Phi) is 2.58. The van der Waals surface area contributed by atoms with Gasteiger partial charge in [-0.25, -0.2) is 4.98 Å². The van der Waals surface area contributed by atoms with E-state index >= 15 is 0 Å². The van der Waals surface area contributed by atoms with Gasteiger partial charge in [0, 0.05) is 5.56 Å². The van der Waals surface area contributed by atoms with Gasteiger partial charge in [0.05, 0.1) is 5.41 Å².